The van der Waals surface area contributed by atoms with Crippen LogP contribution in [0.2, 0.25) is 4.34 Å². The van der Waals surface area contributed by atoms with Gasteiger partial charge >= 0.3 is 0 Å². The summed E-state index contributed by atoms with van der Waals surface area (Å²) in [5, 5.41) is 3.68. The van der Waals surface area contributed by atoms with E-state index in [9.17, 15) is 0 Å². The summed E-state index contributed by atoms with van der Waals surface area (Å²) in [5.74, 6) is 1.29. The van der Waals surface area contributed by atoms with Crippen molar-refractivity contribution in [3.05, 3.63) is 22.3 Å². The maximum absolute atomic E-state index is 5.85. The molecule has 0 aliphatic rings. The highest BCUT2D eigenvalue weighted by Crippen LogP contribution is 2.26. The first-order chi connectivity index (χ1) is 8.22. The Balaban J connectivity index is 2.42. The molecule has 0 saturated heterocycles. The molecule has 2 heterocycles. The number of anilines is 1. The van der Waals surface area contributed by atoms with Gasteiger partial charge in [-0.1, -0.05) is 22.9 Å². The van der Waals surface area contributed by atoms with E-state index in [2.05, 4.69) is 20.3 Å². The summed E-state index contributed by atoms with van der Waals surface area (Å²) in [6.07, 6.45) is 1.59. The van der Waals surface area contributed by atoms with E-state index >= 15 is 0 Å². The van der Waals surface area contributed by atoms with Gasteiger partial charge in [-0.25, -0.2) is 15.0 Å². The lowest BCUT2D eigenvalue weighted by Gasteiger charge is -2.05. The van der Waals surface area contributed by atoms with E-state index in [0.29, 0.717) is 21.8 Å². The van der Waals surface area contributed by atoms with Crippen molar-refractivity contribution in [3.8, 4) is 10.8 Å². The molecule has 0 aliphatic carbocycles. The molecule has 2 aromatic heterocycles. The minimum absolute atomic E-state index is 0.434. The van der Waals surface area contributed by atoms with E-state index in [1.165, 1.54) is 11.3 Å². The van der Waals surface area contributed by atoms with Gasteiger partial charge in [0.05, 0.1) is 18.5 Å². The number of thiazole rings is 1. The van der Waals surface area contributed by atoms with E-state index in [1.54, 1.807) is 20.4 Å². The number of hydrogen-bond donors (Lipinski definition) is 1. The second-order valence-corrected chi connectivity index (χ2v) is 4.88. The molecule has 0 atom stereocenters. The summed E-state index contributed by atoms with van der Waals surface area (Å²) in [4.78, 5) is 12.9. The highest BCUT2D eigenvalue weighted by molar-refractivity contribution is 7.18. The van der Waals surface area contributed by atoms with Crippen molar-refractivity contribution < 1.29 is 4.74 Å². The lowest BCUT2D eigenvalue weighted by atomic mass is 10.4. The van der Waals surface area contributed by atoms with E-state index in [-0.39, 0.29) is 0 Å². The molecule has 2 rings (SSSR count). The van der Waals surface area contributed by atoms with Crippen LogP contribution in [0.5, 0.6) is 0 Å². The lowest BCUT2D eigenvalue weighted by Crippen LogP contribution is -2.01. The smallest absolute Gasteiger partial charge is 0.191 e. The quantitative estimate of drug-likeness (QED) is 0.925. The van der Waals surface area contributed by atoms with Gasteiger partial charge in [-0.2, -0.15) is 0 Å². The molecule has 1 N–H and O–H groups in total. The number of methoxy groups -OCH3 is 1. The molecule has 5 nitrogen and oxygen atoms in total. The largest absolute Gasteiger partial charge is 0.378 e. The van der Waals surface area contributed by atoms with Crippen LogP contribution in [0.1, 0.15) is 5.69 Å². The van der Waals surface area contributed by atoms with Crippen molar-refractivity contribution in [1.82, 2.24) is 15.0 Å². The lowest BCUT2D eigenvalue weighted by molar-refractivity contribution is 0.181. The van der Waals surface area contributed by atoms with Gasteiger partial charge < -0.3 is 10.1 Å². The topological polar surface area (TPSA) is 59.9 Å². The fraction of sp³-hybridized carbons (Fsp3) is 0.300. The van der Waals surface area contributed by atoms with Crippen LogP contribution in [0.3, 0.4) is 0 Å². The zero-order valence-corrected chi connectivity index (χ0v) is 11.0. The van der Waals surface area contributed by atoms with Crippen LogP contribution in [0.25, 0.3) is 10.8 Å². The molecule has 0 aromatic carbocycles. The molecule has 0 bridgehead atoms. The van der Waals surface area contributed by atoms with Crippen molar-refractivity contribution >= 4 is 28.8 Å². The molecule has 0 aliphatic heterocycles. The van der Waals surface area contributed by atoms with Gasteiger partial charge in [0.2, 0.25) is 0 Å². The number of aromatic nitrogens is 3. The minimum atomic E-state index is 0.434. The van der Waals surface area contributed by atoms with Gasteiger partial charge in [-0.05, 0) is 0 Å². The van der Waals surface area contributed by atoms with Crippen LogP contribution >= 0.6 is 22.9 Å². The first-order valence-corrected chi connectivity index (χ1v) is 6.08. The fourth-order valence-electron chi connectivity index (χ4n) is 1.30. The Morgan fingerprint density at radius 2 is 2.29 bits per heavy atom. The fourth-order valence-corrected chi connectivity index (χ4v) is 2.15. The molecule has 0 spiro atoms. The molecule has 0 unspecified atom stereocenters. The molecule has 0 amide bonds. The van der Waals surface area contributed by atoms with Crippen molar-refractivity contribution in [2.75, 3.05) is 19.5 Å². The van der Waals surface area contributed by atoms with Crippen LogP contribution in [0.4, 0.5) is 5.82 Å². The van der Waals surface area contributed by atoms with Crippen molar-refractivity contribution in [2.45, 2.75) is 6.61 Å². The first kappa shape index (κ1) is 12.2. The third-order valence-electron chi connectivity index (χ3n) is 2.00. The Morgan fingerprint density at radius 1 is 1.47 bits per heavy atom. The summed E-state index contributed by atoms with van der Waals surface area (Å²) < 4.78 is 5.68. The van der Waals surface area contributed by atoms with E-state index < -0.39 is 0 Å². The second-order valence-electron chi connectivity index (χ2n) is 3.22. The predicted molar refractivity (Wildman–Crippen MR) is 68.4 cm³/mol. The Morgan fingerprint density at radius 3 is 2.88 bits per heavy atom. The second kappa shape index (κ2) is 5.39. The molecule has 0 radical (unpaired) electrons. The Hall–Kier alpha value is -1.24. The van der Waals surface area contributed by atoms with Gasteiger partial charge in [-0.3, -0.25) is 0 Å². The van der Waals surface area contributed by atoms with Crippen LogP contribution in [-0.2, 0) is 11.3 Å². The van der Waals surface area contributed by atoms with Crippen molar-refractivity contribution in [2.24, 2.45) is 0 Å². The molecule has 17 heavy (non-hydrogen) atoms. The average Bonchev–Trinajstić information content (AvgIpc) is 2.76. The normalized spacial score (nSPS) is 10.5. The van der Waals surface area contributed by atoms with Crippen molar-refractivity contribution in [1.29, 1.82) is 0 Å². The van der Waals surface area contributed by atoms with E-state index in [4.69, 9.17) is 16.3 Å². The third-order valence-corrected chi connectivity index (χ3v) is 3.11. The molecule has 0 saturated carbocycles. The predicted octanol–water partition coefficient (Wildman–Crippen LogP) is 2.44. The molecular formula is C10H11ClN4OS. The summed E-state index contributed by atoms with van der Waals surface area (Å²) >= 11 is 7.19. The standard InChI is InChI=1S/C10H11ClN4OS/c1-12-8-3-6(5-16-2)14-9(15-8)10-13-4-7(11)17-10/h3-4H,5H2,1-2H3,(H,12,14,15). The van der Waals surface area contributed by atoms with Gasteiger partial charge in [0.1, 0.15) is 10.2 Å². The Kier molecular flexibility index (Phi) is 3.88. The third kappa shape index (κ3) is 2.91. The number of ether oxygens (including phenoxy) is 1. The summed E-state index contributed by atoms with van der Waals surface area (Å²) in [7, 11) is 3.43. The number of nitrogens with one attached hydrogen (secondary N) is 1. The monoisotopic (exact) mass is 270 g/mol. The Bertz CT molecular complexity index is 517. The zero-order valence-electron chi connectivity index (χ0n) is 9.40. The van der Waals surface area contributed by atoms with Crippen LogP contribution in [-0.4, -0.2) is 29.1 Å². The average molecular weight is 271 g/mol. The van der Waals surface area contributed by atoms with Crippen LogP contribution in [0, 0.1) is 0 Å². The van der Waals surface area contributed by atoms with E-state index in [1.807, 2.05) is 6.07 Å². The molecule has 2 aromatic rings. The molecule has 90 valence electrons. The number of nitrogens with zero attached hydrogens (tertiary/aromatic N) is 3. The first-order valence-electron chi connectivity index (χ1n) is 4.89. The molecule has 7 heteroatoms. The number of halogens is 1. The van der Waals surface area contributed by atoms with Gasteiger partial charge in [-0.15, -0.1) is 0 Å². The highest BCUT2D eigenvalue weighted by Gasteiger charge is 2.10. The number of rotatable bonds is 4. The van der Waals surface area contributed by atoms with Crippen LogP contribution in [0.15, 0.2) is 12.3 Å². The highest BCUT2D eigenvalue weighted by atomic mass is 35.5. The maximum Gasteiger partial charge on any atom is 0.191 e. The minimum Gasteiger partial charge on any atom is -0.378 e. The van der Waals surface area contributed by atoms with Crippen LogP contribution < -0.4 is 5.32 Å². The van der Waals surface area contributed by atoms with Crippen molar-refractivity contribution in [3.63, 3.8) is 0 Å². The maximum atomic E-state index is 5.85. The summed E-state index contributed by atoms with van der Waals surface area (Å²) in [6.45, 7) is 0.434. The van der Waals surface area contributed by atoms with E-state index in [0.717, 1.165) is 11.5 Å². The Labute approximate surface area is 108 Å². The van der Waals surface area contributed by atoms with Gasteiger partial charge in [0, 0.05) is 20.2 Å². The molecular weight excluding hydrogens is 260 g/mol. The van der Waals surface area contributed by atoms with Gasteiger partial charge in [0.25, 0.3) is 0 Å². The SMILES string of the molecule is CNc1cc(COC)nc(-c2ncc(Cl)s2)n1. The molecule has 0 fully saturated rings. The zero-order chi connectivity index (χ0) is 12.3. The number of hydrogen-bond acceptors (Lipinski definition) is 6. The van der Waals surface area contributed by atoms with Gasteiger partial charge in [0.15, 0.2) is 10.8 Å². The summed E-state index contributed by atoms with van der Waals surface area (Å²) in [6, 6.07) is 1.84. The summed E-state index contributed by atoms with van der Waals surface area (Å²) in [5.41, 5.74) is 0.799.